The predicted octanol–water partition coefficient (Wildman–Crippen LogP) is 2.81. The Morgan fingerprint density at radius 2 is 2.12 bits per heavy atom. The number of nitrogens with zero attached hydrogens (tertiary/aromatic N) is 2. The standard InChI is InChI=1S/C25H36N2O6/c1-4-19(2)27(25(29)23-9-5-6-10-24(23)30-3)16-22-15-26(11-13-33-22)14-20(28)17-31-18-21-8-7-12-32-21/h5-10,12,19-20,22,28H,4,11,13-18H2,1-3H3/t19-,20-,22-/m0/s1. The fourth-order valence-electron chi connectivity index (χ4n) is 3.98. The van der Waals surface area contributed by atoms with Crippen molar-refractivity contribution in [2.45, 2.75) is 45.1 Å². The molecular weight excluding hydrogens is 424 g/mol. The molecule has 3 atom stereocenters. The van der Waals surface area contributed by atoms with Crippen LogP contribution in [0.15, 0.2) is 47.1 Å². The summed E-state index contributed by atoms with van der Waals surface area (Å²) in [7, 11) is 1.57. The molecule has 0 aliphatic carbocycles. The fraction of sp³-hybridized carbons (Fsp3) is 0.560. The average Bonchev–Trinajstić information content (AvgIpc) is 3.35. The number of furan rings is 1. The molecule has 3 rings (SSSR count). The van der Waals surface area contributed by atoms with Crippen molar-refractivity contribution in [2.24, 2.45) is 0 Å². The second kappa shape index (κ2) is 12.7. The number of methoxy groups -OCH3 is 1. The molecule has 0 bridgehead atoms. The number of morpholine rings is 1. The van der Waals surface area contributed by atoms with E-state index in [0.717, 1.165) is 18.7 Å². The maximum atomic E-state index is 13.4. The van der Waals surface area contributed by atoms with Gasteiger partial charge in [0, 0.05) is 32.2 Å². The third kappa shape index (κ3) is 7.30. The summed E-state index contributed by atoms with van der Waals surface area (Å²) in [6.45, 7) is 7.58. The molecule has 2 aromatic rings. The molecule has 8 heteroatoms. The van der Waals surface area contributed by atoms with Gasteiger partial charge in [0.15, 0.2) is 0 Å². The average molecular weight is 461 g/mol. The first kappa shape index (κ1) is 25.2. The molecule has 1 fully saturated rings. The lowest BCUT2D eigenvalue weighted by Crippen LogP contribution is -2.52. The Kier molecular flexibility index (Phi) is 9.75. The highest BCUT2D eigenvalue weighted by molar-refractivity contribution is 5.97. The second-order valence-electron chi connectivity index (χ2n) is 8.42. The van der Waals surface area contributed by atoms with Gasteiger partial charge in [-0.3, -0.25) is 9.69 Å². The number of ether oxygens (including phenoxy) is 3. The van der Waals surface area contributed by atoms with Crippen LogP contribution in [0.1, 0.15) is 36.4 Å². The number of para-hydroxylation sites is 1. The van der Waals surface area contributed by atoms with Crippen molar-refractivity contribution in [2.75, 3.05) is 46.5 Å². The van der Waals surface area contributed by atoms with Crippen LogP contribution in [0.4, 0.5) is 0 Å². The lowest BCUT2D eigenvalue weighted by atomic mass is 10.1. The number of rotatable bonds is 12. The third-order valence-electron chi connectivity index (χ3n) is 5.95. The molecule has 0 saturated carbocycles. The molecule has 1 amide bonds. The van der Waals surface area contributed by atoms with E-state index in [0.29, 0.717) is 44.2 Å². The zero-order valence-electron chi connectivity index (χ0n) is 19.8. The Morgan fingerprint density at radius 3 is 2.85 bits per heavy atom. The Bertz CT molecular complexity index is 843. The van der Waals surface area contributed by atoms with Crippen LogP contribution in [0.3, 0.4) is 0 Å². The molecular formula is C25H36N2O6. The van der Waals surface area contributed by atoms with Gasteiger partial charge < -0.3 is 28.6 Å². The lowest BCUT2D eigenvalue weighted by Gasteiger charge is -2.38. The first-order valence-electron chi connectivity index (χ1n) is 11.6. The molecule has 2 heterocycles. The molecule has 1 aliphatic rings. The van der Waals surface area contributed by atoms with Crippen molar-refractivity contribution in [3.05, 3.63) is 54.0 Å². The van der Waals surface area contributed by atoms with Gasteiger partial charge >= 0.3 is 0 Å². The van der Waals surface area contributed by atoms with Crippen molar-refractivity contribution >= 4 is 5.91 Å². The molecule has 1 saturated heterocycles. The number of carbonyl (C=O) groups excluding carboxylic acids is 1. The molecule has 182 valence electrons. The smallest absolute Gasteiger partial charge is 0.257 e. The third-order valence-corrected chi connectivity index (χ3v) is 5.95. The van der Waals surface area contributed by atoms with E-state index in [9.17, 15) is 9.90 Å². The Morgan fingerprint density at radius 1 is 1.30 bits per heavy atom. The van der Waals surface area contributed by atoms with E-state index in [4.69, 9.17) is 18.6 Å². The molecule has 1 N–H and O–H groups in total. The van der Waals surface area contributed by atoms with Crippen LogP contribution in [0.2, 0.25) is 0 Å². The first-order chi connectivity index (χ1) is 16.0. The van der Waals surface area contributed by atoms with Crippen LogP contribution in [-0.4, -0.2) is 85.6 Å². The highest BCUT2D eigenvalue weighted by Crippen LogP contribution is 2.22. The van der Waals surface area contributed by atoms with Gasteiger partial charge in [0.05, 0.1) is 44.4 Å². The second-order valence-corrected chi connectivity index (χ2v) is 8.42. The Hall–Kier alpha value is -2.39. The number of hydrogen-bond acceptors (Lipinski definition) is 7. The van der Waals surface area contributed by atoms with Crippen molar-refractivity contribution in [3.63, 3.8) is 0 Å². The number of β-amino-alcohol motifs (C(OH)–C–C–N with tert-alkyl or cyclic N) is 1. The summed E-state index contributed by atoms with van der Waals surface area (Å²) in [4.78, 5) is 17.4. The van der Waals surface area contributed by atoms with Crippen LogP contribution < -0.4 is 4.74 Å². The van der Waals surface area contributed by atoms with Crippen molar-refractivity contribution < 1.29 is 28.5 Å². The van der Waals surface area contributed by atoms with Gasteiger partial charge in [0.25, 0.3) is 5.91 Å². The summed E-state index contributed by atoms with van der Waals surface area (Å²) in [5.74, 6) is 1.24. The van der Waals surface area contributed by atoms with Crippen LogP contribution in [0.5, 0.6) is 5.75 Å². The zero-order chi connectivity index (χ0) is 23.6. The summed E-state index contributed by atoms with van der Waals surface area (Å²) in [6.07, 6.45) is 1.69. The van der Waals surface area contributed by atoms with E-state index < -0.39 is 6.10 Å². The van der Waals surface area contributed by atoms with E-state index in [1.165, 1.54) is 0 Å². The zero-order valence-corrected chi connectivity index (χ0v) is 19.8. The molecule has 1 aromatic heterocycles. The monoisotopic (exact) mass is 460 g/mol. The number of aliphatic hydroxyl groups is 1. The number of aliphatic hydroxyl groups excluding tert-OH is 1. The van der Waals surface area contributed by atoms with Gasteiger partial charge in [-0.05, 0) is 37.6 Å². The SMILES string of the molecule is CC[C@H](C)N(C[C@@H]1CN(C[C@H](O)COCc2ccco2)CCO1)C(=O)c1ccccc1OC. The van der Waals surface area contributed by atoms with Crippen LogP contribution in [-0.2, 0) is 16.1 Å². The largest absolute Gasteiger partial charge is 0.496 e. The van der Waals surface area contributed by atoms with Crippen LogP contribution >= 0.6 is 0 Å². The predicted molar refractivity (Wildman–Crippen MR) is 124 cm³/mol. The minimum absolute atomic E-state index is 0.0574. The minimum atomic E-state index is -0.611. The van der Waals surface area contributed by atoms with E-state index in [2.05, 4.69) is 11.8 Å². The maximum Gasteiger partial charge on any atom is 0.257 e. The summed E-state index contributed by atoms with van der Waals surface area (Å²) in [5, 5.41) is 10.4. The maximum absolute atomic E-state index is 13.4. The minimum Gasteiger partial charge on any atom is -0.496 e. The lowest BCUT2D eigenvalue weighted by molar-refractivity contribution is -0.0626. The topological polar surface area (TPSA) is 84.6 Å². The van der Waals surface area contributed by atoms with Crippen molar-refractivity contribution in [1.29, 1.82) is 0 Å². The number of hydrogen-bond donors (Lipinski definition) is 1. The summed E-state index contributed by atoms with van der Waals surface area (Å²) in [5.41, 5.74) is 0.553. The van der Waals surface area contributed by atoms with Gasteiger partial charge in [0.2, 0.25) is 0 Å². The fourth-order valence-corrected chi connectivity index (χ4v) is 3.98. The molecule has 1 aliphatic heterocycles. The Balaban J connectivity index is 1.55. The number of carbonyl (C=O) groups is 1. The summed E-state index contributed by atoms with van der Waals surface area (Å²) < 4.78 is 22.2. The van der Waals surface area contributed by atoms with E-state index in [1.807, 2.05) is 36.1 Å². The molecule has 0 radical (unpaired) electrons. The highest BCUT2D eigenvalue weighted by atomic mass is 16.5. The Labute approximate surface area is 196 Å². The molecule has 33 heavy (non-hydrogen) atoms. The highest BCUT2D eigenvalue weighted by Gasteiger charge is 2.29. The van der Waals surface area contributed by atoms with Gasteiger partial charge in [-0.2, -0.15) is 0 Å². The van der Waals surface area contributed by atoms with Gasteiger partial charge in [-0.1, -0.05) is 19.1 Å². The van der Waals surface area contributed by atoms with Crippen molar-refractivity contribution in [3.8, 4) is 5.75 Å². The summed E-state index contributed by atoms with van der Waals surface area (Å²) in [6, 6.07) is 11.0. The number of benzene rings is 1. The van der Waals surface area contributed by atoms with E-state index in [-0.39, 0.29) is 24.7 Å². The number of amides is 1. The van der Waals surface area contributed by atoms with Crippen molar-refractivity contribution in [1.82, 2.24) is 9.80 Å². The van der Waals surface area contributed by atoms with Crippen LogP contribution in [0, 0.1) is 0 Å². The normalized spacial score (nSPS) is 18.6. The quantitative estimate of drug-likeness (QED) is 0.521. The van der Waals surface area contributed by atoms with Gasteiger partial charge in [0.1, 0.15) is 18.1 Å². The molecule has 0 spiro atoms. The van der Waals surface area contributed by atoms with Crippen LogP contribution in [0.25, 0.3) is 0 Å². The molecule has 0 unspecified atom stereocenters. The summed E-state index contributed by atoms with van der Waals surface area (Å²) >= 11 is 0. The van der Waals surface area contributed by atoms with E-state index >= 15 is 0 Å². The van der Waals surface area contributed by atoms with E-state index in [1.54, 1.807) is 25.5 Å². The molecule has 8 nitrogen and oxygen atoms in total. The molecule has 1 aromatic carbocycles. The van der Waals surface area contributed by atoms with Gasteiger partial charge in [-0.25, -0.2) is 0 Å². The first-order valence-corrected chi connectivity index (χ1v) is 11.6. The van der Waals surface area contributed by atoms with Gasteiger partial charge in [-0.15, -0.1) is 0 Å².